The van der Waals surface area contributed by atoms with Crippen molar-refractivity contribution in [1.82, 2.24) is 4.31 Å². The van der Waals surface area contributed by atoms with E-state index in [0.29, 0.717) is 6.61 Å². The topological polar surface area (TPSA) is 46.6 Å². The smallest absolute Gasteiger partial charge is 0.243 e. The van der Waals surface area contributed by atoms with Crippen LogP contribution in [0.15, 0.2) is 59.5 Å². The number of nitrogens with zero attached hydrogens (tertiary/aromatic N) is 1. The van der Waals surface area contributed by atoms with Crippen molar-refractivity contribution >= 4 is 10.0 Å². The molecule has 2 aromatic rings. The van der Waals surface area contributed by atoms with Gasteiger partial charge in [-0.3, -0.25) is 0 Å². The average molecular weight is 335 g/mol. The van der Waals surface area contributed by atoms with E-state index in [4.69, 9.17) is 4.74 Å². The van der Waals surface area contributed by atoms with Crippen LogP contribution in [-0.4, -0.2) is 31.9 Å². The Morgan fingerprint density at radius 2 is 1.74 bits per heavy atom. The molecular formula is C17H18FNO3S. The second-order valence-electron chi connectivity index (χ2n) is 5.51. The van der Waals surface area contributed by atoms with E-state index in [2.05, 4.69) is 0 Å². The summed E-state index contributed by atoms with van der Waals surface area (Å²) >= 11 is 0. The summed E-state index contributed by atoms with van der Waals surface area (Å²) in [6, 6.07) is 14.1. The molecule has 1 fully saturated rings. The average Bonchev–Trinajstić information content (AvgIpc) is 2.56. The molecule has 1 saturated heterocycles. The van der Waals surface area contributed by atoms with Gasteiger partial charge < -0.3 is 4.74 Å². The lowest BCUT2D eigenvalue weighted by atomic mass is 10.0. The van der Waals surface area contributed by atoms with Crippen molar-refractivity contribution in [2.24, 2.45) is 0 Å². The molecule has 0 spiro atoms. The van der Waals surface area contributed by atoms with Crippen LogP contribution in [0.4, 0.5) is 4.39 Å². The highest BCUT2D eigenvalue weighted by Gasteiger charge is 2.37. The molecule has 0 aliphatic carbocycles. The number of benzene rings is 2. The Hall–Kier alpha value is -1.76. The fraction of sp³-hybridized carbons (Fsp3) is 0.294. The minimum atomic E-state index is -3.68. The molecule has 23 heavy (non-hydrogen) atoms. The molecular weight excluding hydrogens is 317 g/mol. The van der Waals surface area contributed by atoms with E-state index in [-0.39, 0.29) is 23.6 Å². The van der Waals surface area contributed by atoms with E-state index in [9.17, 15) is 12.8 Å². The van der Waals surface area contributed by atoms with Crippen LogP contribution in [0.1, 0.15) is 18.6 Å². The quantitative estimate of drug-likeness (QED) is 0.866. The first-order valence-electron chi connectivity index (χ1n) is 7.44. The summed E-state index contributed by atoms with van der Waals surface area (Å²) in [6.45, 7) is 2.44. The van der Waals surface area contributed by atoms with Crippen LogP contribution >= 0.6 is 0 Å². The van der Waals surface area contributed by atoms with Crippen LogP contribution < -0.4 is 0 Å². The molecule has 0 radical (unpaired) electrons. The molecule has 4 nitrogen and oxygen atoms in total. The van der Waals surface area contributed by atoms with Gasteiger partial charge in [0.15, 0.2) is 0 Å². The van der Waals surface area contributed by atoms with Crippen molar-refractivity contribution < 1.29 is 17.5 Å². The maximum atomic E-state index is 13.0. The van der Waals surface area contributed by atoms with Gasteiger partial charge in [0.05, 0.1) is 23.6 Å². The Labute approximate surface area is 135 Å². The number of hydrogen-bond acceptors (Lipinski definition) is 3. The normalized spacial score (nSPS) is 22.9. The summed E-state index contributed by atoms with van der Waals surface area (Å²) < 4.78 is 45.9. The maximum Gasteiger partial charge on any atom is 0.243 e. The summed E-state index contributed by atoms with van der Waals surface area (Å²) in [4.78, 5) is 0.0967. The maximum absolute atomic E-state index is 13.0. The van der Waals surface area contributed by atoms with Gasteiger partial charge in [-0.25, -0.2) is 12.8 Å². The van der Waals surface area contributed by atoms with E-state index in [1.807, 2.05) is 37.3 Å². The van der Waals surface area contributed by atoms with Crippen LogP contribution in [0, 0.1) is 5.82 Å². The van der Waals surface area contributed by atoms with Crippen molar-refractivity contribution in [3.63, 3.8) is 0 Å². The molecule has 6 heteroatoms. The van der Waals surface area contributed by atoms with Crippen molar-refractivity contribution in [2.45, 2.75) is 24.0 Å². The van der Waals surface area contributed by atoms with Gasteiger partial charge in [-0.1, -0.05) is 30.3 Å². The number of hydrogen-bond donors (Lipinski definition) is 0. The number of ether oxygens (including phenoxy) is 1. The minimum absolute atomic E-state index is 0.0967. The predicted molar refractivity (Wildman–Crippen MR) is 84.9 cm³/mol. The van der Waals surface area contributed by atoms with Crippen LogP contribution in [0.2, 0.25) is 0 Å². The van der Waals surface area contributed by atoms with Gasteiger partial charge >= 0.3 is 0 Å². The summed E-state index contributed by atoms with van der Waals surface area (Å²) in [5.74, 6) is -0.457. The largest absolute Gasteiger partial charge is 0.370 e. The highest BCUT2D eigenvalue weighted by atomic mass is 32.2. The molecule has 1 aliphatic heterocycles. The van der Waals surface area contributed by atoms with Gasteiger partial charge in [0.1, 0.15) is 5.82 Å². The van der Waals surface area contributed by atoms with Gasteiger partial charge in [0, 0.05) is 6.54 Å². The van der Waals surface area contributed by atoms with Crippen LogP contribution in [0.25, 0.3) is 0 Å². The molecule has 0 aromatic heterocycles. The van der Waals surface area contributed by atoms with Crippen molar-refractivity contribution in [3.8, 4) is 0 Å². The third kappa shape index (κ3) is 3.15. The zero-order valence-electron chi connectivity index (χ0n) is 12.7. The summed E-state index contributed by atoms with van der Waals surface area (Å²) in [5, 5.41) is 0. The van der Waals surface area contributed by atoms with E-state index < -0.39 is 15.8 Å². The third-order valence-corrected chi connectivity index (χ3v) is 6.05. The molecule has 3 rings (SSSR count). The molecule has 1 aliphatic rings. The summed E-state index contributed by atoms with van der Waals surface area (Å²) in [7, 11) is -3.68. The van der Waals surface area contributed by atoms with Crippen LogP contribution in [-0.2, 0) is 14.8 Å². The van der Waals surface area contributed by atoms with E-state index >= 15 is 0 Å². The second-order valence-corrected chi connectivity index (χ2v) is 7.40. The lowest BCUT2D eigenvalue weighted by Gasteiger charge is -2.38. The number of halogens is 1. The highest BCUT2D eigenvalue weighted by molar-refractivity contribution is 7.89. The molecule has 0 bridgehead atoms. The first-order chi connectivity index (χ1) is 11.0. The zero-order chi connectivity index (χ0) is 16.4. The van der Waals surface area contributed by atoms with Crippen LogP contribution in [0.5, 0.6) is 0 Å². The Morgan fingerprint density at radius 1 is 1.09 bits per heavy atom. The molecule has 0 saturated carbocycles. The molecule has 0 amide bonds. The number of morpholine rings is 1. The molecule has 122 valence electrons. The van der Waals surface area contributed by atoms with Crippen molar-refractivity contribution in [2.75, 3.05) is 13.2 Å². The lowest BCUT2D eigenvalue weighted by molar-refractivity contribution is -0.0361. The molecule has 1 heterocycles. The van der Waals surface area contributed by atoms with Crippen molar-refractivity contribution in [1.29, 1.82) is 0 Å². The Morgan fingerprint density at radius 3 is 2.39 bits per heavy atom. The fourth-order valence-electron chi connectivity index (χ4n) is 2.86. The molecule has 2 unspecified atom stereocenters. The minimum Gasteiger partial charge on any atom is -0.370 e. The van der Waals surface area contributed by atoms with Gasteiger partial charge in [-0.15, -0.1) is 0 Å². The van der Waals surface area contributed by atoms with Gasteiger partial charge in [-0.05, 0) is 36.8 Å². The predicted octanol–water partition coefficient (Wildman–Crippen LogP) is 2.98. The standard InChI is InChI=1S/C17H18FNO3S/c1-13-17(14-5-3-2-4-6-14)22-12-11-19(13)23(20,21)16-9-7-15(18)8-10-16/h2-10,13,17H,11-12H2,1H3. The lowest BCUT2D eigenvalue weighted by Crippen LogP contribution is -2.48. The fourth-order valence-corrected chi connectivity index (χ4v) is 4.48. The monoisotopic (exact) mass is 335 g/mol. The third-order valence-electron chi connectivity index (χ3n) is 4.05. The van der Waals surface area contributed by atoms with Crippen LogP contribution in [0.3, 0.4) is 0 Å². The molecule has 0 N–H and O–H groups in total. The Balaban J connectivity index is 1.91. The van der Waals surface area contributed by atoms with Gasteiger partial charge in [0.25, 0.3) is 0 Å². The zero-order valence-corrected chi connectivity index (χ0v) is 13.5. The Bertz CT molecular complexity index is 762. The first-order valence-corrected chi connectivity index (χ1v) is 8.88. The number of sulfonamides is 1. The summed E-state index contributed by atoms with van der Waals surface area (Å²) in [5.41, 5.74) is 0.944. The SMILES string of the molecule is CC1C(c2ccccc2)OCCN1S(=O)(=O)c1ccc(F)cc1. The van der Waals surface area contributed by atoms with E-state index in [1.54, 1.807) is 0 Å². The van der Waals surface area contributed by atoms with E-state index in [0.717, 1.165) is 17.7 Å². The van der Waals surface area contributed by atoms with E-state index in [1.165, 1.54) is 16.4 Å². The molecule has 2 aromatic carbocycles. The van der Waals surface area contributed by atoms with Gasteiger partial charge in [0.2, 0.25) is 10.0 Å². The Kier molecular flexibility index (Phi) is 4.48. The second kappa shape index (κ2) is 6.39. The van der Waals surface area contributed by atoms with Crippen molar-refractivity contribution in [3.05, 3.63) is 66.0 Å². The number of rotatable bonds is 3. The highest BCUT2D eigenvalue weighted by Crippen LogP contribution is 2.32. The van der Waals surface area contributed by atoms with Gasteiger partial charge in [-0.2, -0.15) is 4.31 Å². The molecule has 2 atom stereocenters. The summed E-state index contributed by atoms with van der Waals surface area (Å²) in [6.07, 6.45) is -0.319. The first kappa shape index (κ1) is 16.1.